The zero-order chi connectivity index (χ0) is 11.3. The largest absolute Gasteiger partial charge is 0.369 e. The maximum absolute atomic E-state index is 5.95. The lowest BCUT2D eigenvalue weighted by molar-refractivity contribution is 0.742. The van der Waals surface area contributed by atoms with Gasteiger partial charge in [-0.05, 0) is 12.5 Å². The number of rotatable bonds is 5. The van der Waals surface area contributed by atoms with Gasteiger partial charge in [-0.1, -0.05) is 54.6 Å². The number of halogens is 3. The van der Waals surface area contributed by atoms with Crippen molar-refractivity contribution in [2.24, 2.45) is 0 Å². The topological polar surface area (TPSA) is 24.9 Å². The van der Waals surface area contributed by atoms with Gasteiger partial charge in [-0.3, -0.25) is 0 Å². The first-order valence-corrected chi connectivity index (χ1v) is 6.04. The molecular weight excluding hydrogens is 254 g/mol. The smallest absolute Gasteiger partial charge is 0.150 e. The van der Waals surface area contributed by atoms with Gasteiger partial charge in [0.15, 0.2) is 0 Å². The summed E-state index contributed by atoms with van der Waals surface area (Å²) in [5.41, 5.74) is 0. The minimum Gasteiger partial charge on any atom is -0.369 e. The number of aromatic nitrogens is 1. The molecule has 0 saturated heterocycles. The van der Waals surface area contributed by atoms with Crippen molar-refractivity contribution in [3.8, 4) is 0 Å². The van der Waals surface area contributed by atoms with Crippen molar-refractivity contribution in [3.05, 3.63) is 21.3 Å². The van der Waals surface area contributed by atoms with Gasteiger partial charge in [-0.25, -0.2) is 4.98 Å². The van der Waals surface area contributed by atoms with Crippen LogP contribution in [0.3, 0.4) is 0 Å². The van der Waals surface area contributed by atoms with Crippen LogP contribution in [0.1, 0.15) is 26.2 Å². The molecule has 2 nitrogen and oxygen atoms in total. The predicted molar refractivity (Wildman–Crippen MR) is 67.3 cm³/mol. The van der Waals surface area contributed by atoms with E-state index in [1.807, 2.05) is 0 Å². The Morgan fingerprint density at radius 1 is 1.20 bits per heavy atom. The van der Waals surface area contributed by atoms with Crippen LogP contribution < -0.4 is 5.32 Å². The Morgan fingerprint density at radius 2 is 1.93 bits per heavy atom. The summed E-state index contributed by atoms with van der Waals surface area (Å²) in [6.07, 6.45) is 3.46. The number of anilines is 1. The Morgan fingerprint density at radius 3 is 2.60 bits per heavy atom. The van der Waals surface area contributed by atoms with Crippen LogP contribution in [0.15, 0.2) is 6.07 Å². The normalized spacial score (nSPS) is 10.4. The van der Waals surface area contributed by atoms with Crippen LogP contribution in [-0.4, -0.2) is 11.5 Å². The minimum atomic E-state index is 0.277. The van der Waals surface area contributed by atoms with Crippen LogP contribution in [0.4, 0.5) is 5.82 Å². The SMILES string of the molecule is CCCCCNc1nc(Cl)c(Cl)cc1Cl. The van der Waals surface area contributed by atoms with Crippen molar-refractivity contribution in [1.82, 2.24) is 4.98 Å². The summed E-state index contributed by atoms with van der Waals surface area (Å²) >= 11 is 17.5. The molecule has 0 unspecified atom stereocenters. The molecule has 1 aromatic rings. The Kier molecular flexibility index (Phi) is 5.51. The molecule has 1 N–H and O–H groups in total. The molecule has 84 valence electrons. The van der Waals surface area contributed by atoms with Gasteiger partial charge in [-0.2, -0.15) is 0 Å². The predicted octanol–water partition coefficient (Wildman–Crippen LogP) is 4.64. The molecule has 0 aliphatic heterocycles. The van der Waals surface area contributed by atoms with Gasteiger partial charge >= 0.3 is 0 Å². The summed E-state index contributed by atoms with van der Waals surface area (Å²) < 4.78 is 0. The molecule has 0 aliphatic carbocycles. The lowest BCUT2D eigenvalue weighted by atomic mass is 10.2. The van der Waals surface area contributed by atoms with Crippen molar-refractivity contribution >= 4 is 40.6 Å². The lowest BCUT2D eigenvalue weighted by Crippen LogP contribution is -2.04. The van der Waals surface area contributed by atoms with E-state index in [9.17, 15) is 0 Å². The molecule has 0 atom stereocenters. The summed E-state index contributed by atoms with van der Waals surface area (Å²) in [7, 11) is 0. The van der Waals surface area contributed by atoms with Crippen molar-refractivity contribution < 1.29 is 0 Å². The summed E-state index contributed by atoms with van der Waals surface area (Å²) in [6.45, 7) is 3.00. The van der Waals surface area contributed by atoms with Crippen molar-refractivity contribution in [2.45, 2.75) is 26.2 Å². The quantitative estimate of drug-likeness (QED) is 0.621. The van der Waals surface area contributed by atoms with E-state index in [2.05, 4.69) is 17.2 Å². The maximum Gasteiger partial charge on any atom is 0.150 e. The van der Waals surface area contributed by atoms with Crippen LogP contribution in [0.25, 0.3) is 0 Å². The highest BCUT2D eigenvalue weighted by Gasteiger charge is 2.06. The number of pyridine rings is 1. The first kappa shape index (κ1) is 12.9. The average Bonchev–Trinajstić information content (AvgIpc) is 2.20. The van der Waals surface area contributed by atoms with Gasteiger partial charge in [0.1, 0.15) is 11.0 Å². The fourth-order valence-corrected chi connectivity index (χ4v) is 1.71. The summed E-state index contributed by atoms with van der Waals surface area (Å²) in [5.74, 6) is 0.599. The second-order valence-electron chi connectivity index (χ2n) is 3.23. The highest BCUT2D eigenvalue weighted by atomic mass is 35.5. The molecule has 0 amide bonds. The van der Waals surface area contributed by atoms with Gasteiger partial charge < -0.3 is 5.32 Å². The second-order valence-corrected chi connectivity index (χ2v) is 4.40. The van der Waals surface area contributed by atoms with E-state index in [0.717, 1.165) is 13.0 Å². The summed E-state index contributed by atoms with van der Waals surface area (Å²) in [5, 5.41) is 4.28. The Hall–Kier alpha value is -0.180. The van der Waals surface area contributed by atoms with Gasteiger partial charge in [0.05, 0.1) is 10.0 Å². The van der Waals surface area contributed by atoms with Crippen LogP contribution in [0.5, 0.6) is 0 Å². The Labute approximate surface area is 105 Å². The minimum absolute atomic E-state index is 0.277. The van der Waals surface area contributed by atoms with Crippen molar-refractivity contribution in [3.63, 3.8) is 0 Å². The standard InChI is InChI=1S/C10H13Cl3N2/c1-2-3-4-5-14-10-8(12)6-7(11)9(13)15-10/h6H,2-5H2,1H3,(H,14,15). The number of hydrogen-bond acceptors (Lipinski definition) is 2. The molecule has 0 fully saturated rings. The highest BCUT2D eigenvalue weighted by Crippen LogP contribution is 2.28. The van der Waals surface area contributed by atoms with Crippen LogP contribution in [0, 0.1) is 0 Å². The van der Waals surface area contributed by atoms with E-state index >= 15 is 0 Å². The molecule has 5 heteroatoms. The maximum atomic E-state index is 5.95. The van der Waals surface area contributed by atoms with Crippen LogP contribution in [0.2, 0.25) is 15.2 Å². The first-order chi connectivity index (χ1) is 7.15. The first-order valence-electron chi connectivity index (χ1n) is 4.90. The van der Waals surface area contributed by atoms with E-state index in [0.29, 0.717) is 15.9 Å². The molecule has 1 rings (SSSR count). The lowest BCUT2D eigenvalue weighted by Gasteiger charge is -2.07. The Bertz CT molecular complexity index is 329. The van der Waals surface area contributed by atoms with Crippen LogP contribution in [-0.2, 0) is 0 Å². The van der Waals surface area contributed by atoms with E-state index < -0.39 is 0 Å². The van der Waals surface area contributed by atoms with E-state index in [4.69, 9.17) is 34.8 Å². The van der Waals surface area contributed by atoms with Crippen molar-refractivity contribution in [1.29, 1.82) is 0 Å². The molecular formula is C10H13Cl3N2. The number of unbranched alkanes of at least 4 members (excludes halogenated alkanes) is 2. The zero-order valence-electron chi connectivity index (χ0n) is 8.49. The van der Waals surface area contributed by atoms with Gasteiger partial charge in [0.2, 0.25) is 0 Å². The fourth-order valence-electron chi connectivity index (χ4n) is 1.15. The summed E-state index contributed by atoms with van der Waals surface area (Å²) in [4.78, 5) is 4.06. The van der Waals surface area contributed by atoms with E-state index in [-0.39, 0.29) is 5.15 Å². The monoisotopic (exact) mass is 266 g/mol. The van der Waals surface area contributed by atoms with Crippen LogP contribution >= 0.6 is 34.8 Å². The number of nitrogens with one attached hydrogen (secondary N) is 1. The Balaban J connectivity index is 2.57. The molecule has 0 aliphatic rings. The number of hydrogen-bond donors (Lipinski definition) is 1. The molecule has 15 heavy (non-hydrogen) atoms. The highest BCUT2D eigenvalue weighted by molar-refractivity contribution is 6.42. The van der Waals surface area contributed by atoms with Crippen molar-refractivity contribution in [2.75, 3.05) is 11.9 Å². The van der Waals surface area contributed by atoms with Gasteiger partial charge in [0, 0.05) is 6.54 Å². The number of nitrogens with zero attached hydrogens (tertiary/aromatic N) is 1. The van der Waals surface area contributed by atoms with E-state index in [1.165, 1.54) is 12.8 Å². The van der Waals surface area contributed by atoms with Gasteiger partial charge in [0.25, 0.3) is 0 Å². The summed E-state index contributed by atoms with van der Waals surface area (Å²) in [6, 6.07) is 1.60. The van der Waals surface area contributed by atoms with Gasteiger partial charge in [-0.15, -0.1) is 0 Å². The molecule has 0 radical (unpaired) electrons. The third-order valence-corrected chi connectivity index (χ3v) is 2.92. The third-order valence-electron chi connectivity index (χ3n) is 1.96. The fraction of sp³-hybridized carbons (Fsp3) is 0.500. The molecule has 1 aromatic heterocycles. The molecule has 0 bridgehead atoms. The molecule has 1 heterocycles. The molecule has 0 spiro atoms. The molecule has 0 saturated carbocycles. The second kappa shape index (κ2) is 6.41. The average molecular weight is 268 g/mol. The third kappa shape index (κ3) is 4.06. The zero-order valence-corrected chi connectivity index (χ0v) is 10.8. The molecule has 0 aromatic carbocycles. The van der Waals surface area contributed by atoms with E-state index in [1.54, 1.807) is 6.07 Å².